The van der Waals surface area contributed by atoms with Gasteiger partial charge < -0.3 is 40.3 Å². The van der Waals surface area contributed by atoms with E-state index in [4.69, 9.17) is 9.47 Å². The lowest BCUT2D eigenvalue weighted by Gasteiger charge is -2.40. The standard InChI is InChI=1S/C75H127NO8/c1-3-5-7-9-11-13-15-17-19-21-23-25-27-29-31-32-33-34-35-36-37-38-39-41-43-45-47-49-51-53-55-57-59-61-63-65-71(79)76-68(67-83-75-74(82)73(81)72(80)70(66-77)84-75)69(78)64-62-60-58-56-54-52-50-48-46-44-42-40-30-28-26-24-22-20-18-16-14-12-10-8-6-4-2/h5,7,11,13,17,19,23,25,29,31,33-34,36-37,39,41,45,47,54,56,62,64,68-70,72-75,77-78,80-82H,3-4,6,8-10,12,14-16,18,20-22,24,26-28,30,32,35,38,40,42-44,46,48-53,55,57-61,63,65-67H2,1-2H3,(H,76,79)/b7-5-,13-11-,19-17-,25-23-,31-29-,34-33-,37-36-,41-39-,47-45-,56-54+,64-62+. The van der Waals surface area contributed by atoms with E-state index < -0.39 is 49.5 Å². The van der Waals surface area contributed by atoms with Crippen molar-refractivity contribution in [2.24, 2.45) is 0 Å². The van der Waals surface area contributed by atoms with Gasteiger partial charge in [-0.25, -0.2) is 0 Å². The van der Waals surface area contributed by atoms with Crippen LogP contribution in [0.3, 0.4) is 0 Å². The van der Waals surface area contributed by atoms with Gasteiger partial charge in [0, 0.05) is 6.42 Å². The molecule has 1 aliphatic rings. The lowest BCUT2D eigenvalue weighted by atomic mass is 9.99. The highest BCUT2D eigenvalue weighted by atomic mass is 16.7. The van der Waals surface area contributed by atoms with Crippen molar-refractivity contribution in [3.63, 3.8) is 0 Å². The predicted octanol–water partition coefficient (Wildman–Crippen LogP) is 18.8. The Morgan fingerprint density at radius 1 is 0.417 bits per heavy atom. The molecule has 0 aromatic rings. The molecule has 0 bridgehead atoms. The molecule has 1 rings (SSSR count). The Balaban J connectivity index is 2.21. The molecule has 7 atom stereocenters. The molecule has 1 fully saturated rings. The van der Waals surface area contributed by atoms with E-state index in [1.807, 2.05) is 6.08 Å². The van der Waals surface area contributed by atoms with Crippen LogP contribution < -0.4 is 5.32 Å². The Morgan fingerprint density at radius 2 is 0.750 bits per heavy atom. The molecule has 9 nitrogen and oxygen atoms in total. The van der Waals surface area contributed by atoms with Gasteiger partial charge in [0.15, 0.2) is 6.29 Å². The van der Waals surface area contributed by atoms with E-state index in [0.717, 1.165) is 109 Å². The second-order valence-electron chi connectivity index (χ2n) is 23.2. The number of ether oxygens (including phenoxy) is 2. The molecule has 0 aliphatic carbocycles. The summed E-state index contributed by atoms with van der Waals surface area (Å²) in [5, 5.41) is 54.7. The number of carbonyl (C=O) groups is 1. The number of aliphatic hydroxyl groups is 5. The number of rotatable bonds is 58. The average molecular weight is 1170 g/mol. The zero-order chi connectivity index (χ0) is 60.7. The highest BCUT2D eigenvalue weighted by Gasteiger charge is 2.44. The average Bonchev–Trinajstić information content (AvgIpc) is 3.70. The first-order valence-corrected chi connectivity index (χ1v) is 34.4. The molecule has 0 aromatic carbocycles. The summed E-state index contributed by atoms with van der Waals surface area (Å²) in [4.78, 5) is 13.1. The molecule has 0 aromatic heterocycles. The van der Waals surface area contributed by atoms with Crippen molar-refractivity contribution in [3.8, 4) is 0 Å². The summed E-state index contributed by atoms with van der Waals surface area (Å²) in [5.41, 5.74) is 0. The number of amides is 1. The molecule has 6 N–H and O–H groups in total. The second kappa shape index (κ2) is 62.4. The maximum Gasteiger partial charge on any atom is 0.220 e. The summed E-state index contributed by atoms with van der Waals surface area (Å²) in [6.45, 7) is 3.66. The van der Waals surface area contributed by atoms with Crippen LogP contribution in [0, 0.1) is 0 Å². The molecular weight excluding hydrogens is 1040 g/mol. The number of unbranched alkanes of at least 4 members (excludes halogenated alkanes) is 28. The van der Waals surface area contributed by atoms with Crippen molar-refractivity contribution in [1.82, 2.24) is 5.32 Å². The fraction of sp³-hybridized carbons (Fsp3) is 0.693. The molecule has 1 saturated heterocycles. The van der Waals surface area contributed by atoms with Crippen LogP contribution in [-0.2, 0) is 14.3 Å². The molecule has 1 heterocycles. The van der Waals surface area contributed by atoms with Crippen LogP contribution in [0.4, 0.5) is 0 Å². The van der Waals surface area contributed by atoms with Gasteiger partial charge in [0.1, 0.15) is 24.4 Å². The van der Waals surface area contributed by atoms with Crippen molar-refractivity contribution >= 4 is 5.91 Å². The molecule has 480 valence electrons. The minimum Gasteiger partial charge on any atom is -0.394 e. The normalized spacial score (nSPS) is 19.1. The lowest BCUT2D eigenvalue weighted by Crippen LogP contribution is -2.60. The number of hydrogen-bond donors (Lipinski definition) is 6. The van der Waals surface area contributed by atoms with Gasteiger partial charge in [0.05, 0.1) is 25.4 Å². The van der Waals surface area contributed by atoms with Crippen LogP contribution in [0.25, 0.3) is 0 Å². The maximum atomic E-state index is 13.1. The van der Waals surface area contributed by atoms with E-state index in [9.17, 15) is 30.3 Å². The number of allylic oxidation sites excluding steroid dienone is 21. The van der Waals surface area contributed by atoms with E-state index >= 15 is 0 Å². The van der Waals surface area contributed by atoms with Gasteiger partial charge in [-0.15, -0.1) is 0 Å². The van der Waals surface area contributed by atoms with E-state index in [-0.39, 0.29) is 12.5 Å². The molecular formula is C75H127NO8. The third-order valence-electron chi connectivity index (χ3n) is 15.5. The van der Waals surface area contributed by atoms with Gasteiger partial charge in [-0.2, -0.15) is 0 Å². The van der Waals surface area contributed by atoms with Gasteiger partial charge in [-0.05, 0) is 103 Å². The lowest BCUT2D eigenvalue weighted by molar-refractivity contribution is -0.302. The number of aliphatic hydroxyl groups excluding tert-OH is 5. The molecule has 0 saturated carbocycles. The first kappa shape index (κ1) is 78.3. The summed E-state index contributed by atoms with van der Waals surface area (Å²) < 4.78 is 11.3. The SMILES string of the molecule is CC/C=C\C/C=C\C/C=C\C/C=C\C/C=C\C/C=C\C/C=C\C/C=C\C/C=C\CCCCCCCCCC(=O)NC(COC1OC(CO)C(O)C(O)C1O)C(O)/C=C/CC/C=C/CCCCCCCCCCCCCCCCCCCCCC. The van der Waals surface area contributed by atoms with Crippen LogP contribution in [0.2, 0.25) is 0 Å². The highest BCUT2D eigenvalue weighted by Crippen LogP contribution is 2.23. The number of nitrogens with one attached hydrogen (secondary N) is 1. The fourth-order valence-corrected chi connectivity index (χ4v) is 10.1. The largest absolute Gasteiger partial charge is 0.394 e. The van der Waals surface area contributed by atoms with Crippen molar-refractivity contribution in [2.45, 2.75) is 320 Å². The number of hydrogen-bond acceptors (Lipinski definition) is 8. The maximum absolute atomic E-state index is 13.1. The zero-order valence-electron chi connectivity index (χ0n) is 53.6. The Hall–Kier alpha value is -3.67. The fourth-order valence-electron chi connectivity index (χ4n) is 10.1. The molecule has 7 unspecified atom stereocenters. The van der Waals surface area contributed by atoms with Crippen LogP contribution in [0.5, 0.6) is 0 Å². The van der Waals surface area contributed by atoms with Gasteiger partial charge in [0.2, 0.25) is 5.91 Å². The first-order valence-electron chi connectivity index (χ1n) is 34.4. The molecule has 9 heteroatoms. The highest BCUT2D eigenvalue weighted by molar-refractivity contribution is 5.76. The monoisotopic (exact) mass is 1170 g/mol. The van der Waals surface area contributed by atoms with E-state index in [0.29, 0.717) is 6.42 Å². The summed E-state index contributed by atoms with van der Waals surface area (Å²) in [7, 11) is 0. The van der Waals surface area contributed by atoms with Crippen LogP contribution in [0.1, 0.15) is 277 Å². The Morgan fingerprint density at radius 3 is 1.14 bits per heavy atom. The van der Waals surface area contributed by atoms with Crippen molar-refractivity contribution in [3.05, 3.63) is 134 Å². The van der Waals surface area contributed by atoms with Crippen LogP contribution >= 0.6 is 0 Å². The Labute approximate surface area is 515 Å². The van der Waals surface area contributed by atoms with Gasteiger partial charge in [-0.1, -0.05) is 302 Å². The van der Waals surface area contributed by atoms with Gasteiger partial charge in [0.25, 0.3) is 0 Å². The molecule has 0 radical (unpaired) electrons. The molecule has 1 aliphatic heterocycles. The quantitative estimate of drug-likeness (QED) is 0.0261. The van der Waals surface area contributed by atoms with Gasteiger partial charge >= 0.3 is 0 Å². The summed E-state index contributed by atoms with van der Waals surface area (Å²) in [6, 6.07) is -0.840. The van der Waals surface area contributed by atoms with Gasteiger partial charge in [-0.3, -0.25) is 4.79 Å². The van der Waals surface area contributed by atoms with Crippen LogP contribution in [-0.4, -0.2) is 87.5 Å². The smallest absolute Gasteiger partial charge is 0.220 e. The van der Waals surface area contributed by atoms with Crippen molar-refractivity contribution in [1.29, 1.82) is 0 Å². The van der Waals surface area contributed by atoms with Crippen LogP contribution in [0.15, 0.2) is 134 Å². The Bertz CT molecular complexity index is 1790. The zero-order valence-corrected chi connectivity index (χ0v) is 53.6. The summed E-state index contributed by atoms with van der Waals surface area (Å²) in [6.07, 6.45) is 88.3. The third kappa shape index (κ3) is 50.5. The van der Waals surface area contributed by atoms with Crippen molar-refractivity contribution < 1.29 is 39.8 Å². The van der Waals surface area contributed by atoms with Crippen molar-refractivity contribution in [2.75, 3.05) is 13.2 Å². The van der Waals surface area contributed by atoms with E-state index in [1.54, 1.807) is 6.08 Å². The Kier molecular flexibility index (Phi) is 58.2. The van der Waals surface area contributed by atoms with E-state index in [1.165, 1.54) is 148 Å². The first-order chi connectivity index (χ1) is 41.3. The minimum absolute atomic E-state index is 0.201. The molecule has 0 spiro atoms. The minimum atomic E-state index is -1.58. The molecule has 84 heavy (non-hydrogen) atoms. The summed E-state index contributed by atoms with van der Waals surface area (Å²) >= 11 is 0. The predicted molar refractivity (Wildman–Crippen MR) is 359 cm³/mol. The van der Waals surface area contributed by atoms with E-state index in [2.05, 4.69) is 141 Å². The topological polar surface area (TPSA) is 149 Å². The number of carbonyl (C=O) groups excluding carboxylic acids is 1. The molecule has 1 amide bonds. The second-order valence-corrected chi connectivity index (χ2v) is 23.2. The third-order valence-corrected chi connectivity index (χ3v) is 15.5. The summed E-state index contributed by atoms with van der Waals surface area (Å²) in [5.74, 6) is -0.201.